The van der Waals surface area contributed by atoms with Crippen molar-refractivity contribution in [3.8, 4) is 17.0 Å². The summed E-state index contributed by atoms with van der Waals surface area (Å²) in [5, 5.41) is 6.89. The van der Waals surface area contributed by atoms with Crippen molar-refractivity contribution >= 4 is 12.1 Å². The largest absolute Gasteiger partial charge is 0.491 e. The number of anilines is 1. The van der Waals surface area contributed by atoms with E-state index in [4.69, 9.17) is 4.74 Å². The Morgan fingerprint density at radius 1 is 1.39 bits per heavy atom. The van der Waals surface area contributed by atoms with Gasteiger partial charge in [0, 0.05) is 24.0 Å². The molecule has 4 rings (SSSR count). The van der Waals surface area contributed by atoms with Gasteiger partial charge in [-0.25, -0.2) is 9.37 Å². The summed E-state index contributed by atoms with van der Waals surface area (Å²) in [7, 11) is 0. The Labute approximate surface area is 134 Å². The molecule has 0 spiro atoms. The molecule has 0 radical (unpaired) electrons. The molecule has 2 heterocycles. The van der Waals surface area contributed by atoms with Crippen LogP contribution in [0.4, 0.5) is 10.3 Å². The van der Waals surface area contributed by atoms with E-state index in [-0.39, 0.29) is 12.8 Å². The van der Waals surface area contributed by atoms with Gasteiger partial charge in [-0.3, -0.25) is 9.88 Å². The maximum absolute atomic E-state index is 12.2. The van der Waals surface area contributed by atoms with Crippen LogP contribution in [0.3, 0.4) is 0 Å². The van der Waals surface area contributed by atoms with Gasteiger partial charge in [0.2, 0.25) is 5.95 Å². The number of rotatable bonds is 6. The molecule has 1 aliphatic carbocycles. The molecule has 120 valence electrons. The Morgan fingerprint density at radius 2 is 2.30 bits per heavy atom. The zero-order chi connectivity index (χ0) is 15.6. The molecule has 2 aromatic rings. The summed E-state index contributed by atoms with van der Waals surface area (Å²) >= 11 is 0. The van der Waals surface area contributed by atoms with Gasteiger partial charge >= 0.3 is 0 Å². The van der Waals surface area contributed by atoms with E-state index in [9.17, 15) is 4.39 Å². The summed E-state index contributed by atoms with van der Waals surface area (Å²) in [5.74, 6) is 1.47. The third-order valence-corrected chi connectivity index (χ3v) is 3.92. The molecule has 1 aromatic carbocycles. The van der Waals surface area contributed by atoms with Crippen molar-refractivity contribution < 1.29 is 9.13 Å². The lowest BCUT2D eigenvalue weighted by molar-refractivity contribution is 0.273. The van der Waals surface area contributed by atoms with E-state index >= 15 is 0 Å². The number of aromatic nitrogens is 2. The molecule has 0 saturated heterocycles. The molecule has 1 saturated carbocycles. The van der Waals surface area contributed by atoms with Crippen LogP contribution in [0.2, 0.25) is 0 Å². The molecule has 1 fully saturated rings. The highest BCUT2D eigenvalue weighted by atomic mass is 19.1. The highest BCUT2D eigenvalue weighted by Crippen LogP contribution is 2.27. The van der Waals surface area contributed by atoms with Crippen LogP contribution in [-0.2, 0) is 0 Å². The first kappa shape index (κ1) is 14.3. The van der Waals surface area contributed by atoms with Gasteiger partial charge in [0.1, 0.15) is 25.2 Å². The van der Waals surface area contributed by atoms with Crippen LogP contribution in [0, 0.1) is 0 Å². The summed E-state index contributed by atoms with van der Waals surface area (Å²) in [6.07, 6.45) is 8.71. The molecule has 1 atom stereocenters. The Bertz CT molecular complexity index is 723. The summed E-state index contributed by atoms with van der Waals surface area (Å²) in [5.41, 5.74) is 1.81. The minimum atomic E-state index is -0.493. The van der Waals surface area contributed by atoms with Crippen LogP contribution in [0.15, 0.2) is 36.5 Å². The van der Waals surface area contributed by atoms with Gasteiger partial charge < -0.3 is 10.1 Å². The van der Waals surface area contributed by atoms with Crippen LogP contribution in [-0.4, -0.2) is 35.0 Å². The predicted molar refractivity (Wildman–Crippen MR) is 88.0 cm³/mol. The highest BCUT2D eigenvalue weighted by molar-refractivity contribution is 5.65. The normalized spacial score (nSPS) is 19.3. The van der Waals surface area contributed by atoms with Crippen LogP contribution in [0.25, 0.3) is 17.5 Å². The third-order valence-electron chi connectivity index (χ3n) is 3.92. The topological polar surface area (TPSA) is 51.1 Å². The van der Waals surface area contributed by atoms with Crippen LogP contribution < -0.4 is 15.4 Å². The molecule has 1 aromatic heterocycles. The number of hydrogen-bond acceptors (Lipinski definition) is 4. The van der Waals surface area contributed by atoms with Gasteiger partial charge in [0.25, 0.3) is 0 Å². The summed E-state index contributed by atoms with van der Waals surface area (Å²) < 4.78 is 19.5. The number of halogens is 1. The molecule has 23 heavy (non-hydrogen) atoms. The molecule has 1 aliphatic heterocycles. The van der Waals surface area contributed by atoms with Gasteiger partial charge in [0.15, 0.2) is 0 Å². The van der Waals surface area contributed by atoms with Crippen molar-refractivity contribution in [2.45, 2.75) is 25.0 Å². The van der Waals surface area contributed by atoms with Crippen molar-refractivity contribution in [3.63, 3.8) is 0 Å². The van der Waals surface area contributed by atoms with Gasteiger partial charge in [-0.1, -0.05) is 12.1 Å². The number of fused-ring (bicyclic) bond motifs is 1. The fourth-order valence-electron chi connectivity index (χ4n) is 2.62. The van der Waals surface area contributed by atoms with E-state index < -0.39 is 6.67 Å². The quantitative estimate of drug-likeness (QED) is 0.861. The van der Waals surface area contributed by atoms with Crippen molar-refractivity contribution in [1.29, 1.82) is 0 Å². The minimum Gasteiger partial charge on any atom is -0.491 e. The summed E-state index contributed by atoms with van der Waals surface area (Å²) in [4.78, 5) is 4.65. The highest BCUT2D eigenvalue weighted by Gasteiger charge is 2.25. The maximum atomic E-state index is 12.2. The Balaban J connectivity index is 1.52. The number of alkyl halides is 1. The molecule has 0 amide bonds. The lowest BCUT2D eigenvalue weighted by Crippen LogP contribution is -2.38. The number of hydrogen-bond donors (Lipinski definition) is 2. The molecule has 5 nitrogen and oxygen atoms in total. The third kappa shape index (κ3) is 3.22. The van der Waals surface area contributed by atoms with E-state index in [1.165, 1.54) is 12.8 Å². The molecule has 2 N–H and O–H groups in total. The number of benzene rings is 1. The number of ether oxygens (including phenoxy) is 1. The van der Waals surface area contributed by atoms with Gasteiger partial charge in [-0.2, -0.15) is 0 Å². The second-order valence-electron chi connectivity index (χ2n) is 5.83. The van der Waals surface area contributed by atoms with E-state index in [2.05, 4.69) is 21.7 Å². The fourth-order valence-corrected chi connectivity index (χ4v) is 2.62. The number of nitrogens with one attached hydrogen (secondary N) is 2. The molecule has 0 bridgehead atoms. The minimum absolute atomic E-state index is 0.0714. The maximum Gasteiger partial charge on any atom is 0.209 e. The van der Waals surface area contributed by atoms with Crippen LogP contribution >= 0.6 is 0 Å². The second-order valence-corrected chi connectivity index (χ2v) is 5.83. The van der Waals surface area contributed by atoms with E-state index in [0.29, 0.717) is 11.8 Å². The number of nitrogens with zero attached hydrogens (tertiary/aromatic N) is 2. The SMILES string of the molecule is FCCOc1cccc(-c2cn3c(n2)NC(NC2CC2)C=C3)c1. The Kier molecular flexibility index (Phi) is 3.75. The van der Waals surface area contributed by atoms with Gasteiger partial charge in [-0.15, -0.1) is 0 Å². The second kappa shape index (κ2) is 6.04. The van der Waals surface area contributed by atoms with Gasteiger partial charge in [0.05, 0.1) is 5.69 Å². The van der Waals surface area contributed by atoms with Crippen molar-refractivity contribution in [2.75, 3.05) is 18.6 Å². The van der Waals surface area contributed by atoms with Gasteiger partial charge in [-0.05, 0) is 31.1 Å². The van der Waals surface area contributed by atoms with Crippen LogP contribution in [0.1, 0.15) is 12.8 Å². The smallest absolute Gasteiger partial charge is 0.209 e. The zero-order valence-corrected chi connectivity index (χ0v) is 12.7. The first-order chi connectivity index (χ1) is 11.3. The Hall–Kier alpha value is -2.34. The first-order valence-corrected chi connectivity index (χ1v) is 7.91. The van der Waals surface area contributed by atoms with E-state index in [1.807, 2.05) is 41.2 Å². The number of imidazole rings is 1. The standard InChI is InChI=1S/C17H19FN4O/c18-7-9-23-14-3-1-2-12(10-14)15-11-22-8-6-16(19-13-4-5-13)21-17(22)20-15/h1-3,6,8,10-11,13,16,19H,4-5,7,9H2,(H,20,21). The molecule has 1 unspecified atom stereocenters. The average Bonchev–Trinajstić information content (AvgIpc) is 3.28. The van der Waals surface area contributed by atoms with E-state index in [1.54, 1.807) is 0 Å². The predicted octanol–water partition coefficient (Wildman–Crippen LogP) is 2.87. The van der Waals surface area contributed by atoms with Crippen molar-refractivity contribution in [3.05, 3.63) is 36.5 Å². The van der Waals surface area contributed by atoms with Crippen molar-refractivity contribution in [2.24, 2.45) is 0 Å². The summed E-state index contributed by atoms with van der Waals surface area (Å²) in [6, 6.07) is 8.20. The van der Waals surface area contributed by atoms with Crippen molar-refractivity contribution in [1.82, 2.24) is 14.9 Å². The van der Waals surface area contributed by atoms with Crippen LogP contribution in [0.5, 0.6) is 5.75 Å². The lowest BCUT2D eigenvalue weighted by atomic mass is 10.1. The zero-order valence-electron chi connectivity index (χ0n) is 12.7. The lowest BCUT2D eigenvalue weighted by Gasteiger charge is -2.20. The first-order valence-electron chi connectivity index (χ1n) is 7.91. The molecule has 2 aliphatic rings. The van der Waals surface area contributed by atoms with E-state index in [0.717, 1.165) is 17.2 Å². The fraction of sp³-hybridized carbons (Fsp3) is 0.353. The summed E-state index contributed by atoms with van der Waals surface area (Å²) in [6.45, 7) is -0.422. The molecular weight excluding hydrogens is 295 g/mol. The average molecular weight is 314 g/mol. The molecular formula is C17H19FN4O. The Morgan fingerprint density at radius 3 is 3.13 bits per heavy atom. The monoisotopic (exact) mass is 314 g/mol. The molecule has 6 heteroatoms.